The van der Waals surface area contributed by atoms with Crippen molar-refractivity contribution in [3.05, 3.63) is 53.3 Å². The first-order valence-corrected chi connectivity index (χ1v) is 11.4. The summed E-state index contributed by atoms with van der Waals surface area (Å²) in [6, 6.07) is 7.41. The van der Waals surface area contributed by atoms with Crippen molar-refractivity contribution in [1.29, 1.82) is 0 Å². The van der Waals surface area contributed by atoms with E-state index in [9.17, 15) is 18.0 Å². The fraction of sp³-hybridized carbons (Fsp3) is 0.350. The van der Waals surface area contributed by atoms with Gasteiger partial charge in [0.25, 0.3) is 5.91 Å². The molecule has 2 heterocycles. The molecule has 1 aliphatic rings. The largest absolute Gasteiger partial charge is 0.343 e. The molecule has 2 N–H and O–H groups in total. The van der Waals surface area contributed by atoms with Crippen LogP contribution >= 0.6 is 11.6 Å². The molecule has 0 radical (unpaired) electrons. The molecule has 30 heavy (non-hydrogen) atoms. The molecule has 0 aliphatic carbocycles. The van der Waals surface area contributed by atoms with E-state index in [2.05, 4.69) is 15.6 Å². The Labute approximate surface area is 180 Å². The molecule has 1 aromatic carbocycles. The first-order valence-electron chi connectivity index (χ1n) is 9.55. The topological polar surface area (TPSA) is 108 Å². The fourth-order valence-corrected chi connectivity index (χ4v) is 5.35. The lowest BCUT2D eigenvalue weighted by Crippen LogP contribution is -2.39. The number of anilines is 1. The van der Waals surface area contributed by atoms with E-state index in [1.54, 1.807) is 18.3 Å². The van der Waals surface area contributed by atoms with Crippen LogP contribution in [0.2, 0.25) is 5.02 Å². The molecular formula is C20H23ClN4O4S. The van der Waals surface area contributed by atoms with E-state index in [0.717, 1.165) is 12.8 Å². The van der Waals surface area contributed by atoms with Crippen LogP contribution in [-0.2, 0) is 14.8 Å². The highest BCUT2D eigenvalue weighted by atomic mass is 35.5. The molecule has 1 atom stereocenters. The molecule has 1 saturated heterocycles. The third-order valence-corrected chi connectivity index (χ3v) is 7.13. The molecule has 0 spiro atoms. The van der Waals surface area contributed by atoms with E-state index in [1.165, 1.54) is 28.7 Å². The Morgan fingerprint density at radius 2 is 2.10 bits per heavy atom. The van der Waals surface area contributed by atoms with Crippen LogP contribution in [0.25, 0.3) is 0 Å². The van der Waals surface area contributed by atoms with Gasteiger partial charge < -0.3 is 10.6 Å². The SMILES string of the molecule is CC1CCCN(S(=O)(=O)c2cc(C(=O)NCC(=O)Nc3cccnc3)ccc2Cl)C1. The van der Waals surface area contributed by atoms with Crippen molar-refractivity contribution in [3.8, 4) is 0 Å². The van der Waals surface area contributed by atoms with E-state index in [0.29, 0.717) is 18.8 Å². The first-order chi connectivity index (χ1) is 14.3. The van der Waals surface area contributed by atoms with Gasteiger partial charge in [-0.15, -0.1) is 0 Å². The molecule has 8 nitrogen and oxygen atoms in total. The summed E-state index contributed by atoms with van der Waals surface area (Å²) in [6.45, 7) is 2.57. The van der Waals surface area contributed by atoms with Gasteiger partial charge >= 0.3 is 0 Å². The molecular weight excluding hydrogens is 428 g/mol. The number of hydrogen-bond donors (Lipinski definition) is 2. The third-order valence-electron chi connectivity index (χ3n) is 4.79. The molecule has 1 aromatic heterocycles. The number of pyridine rings is 1. The van der Waals surface area contributed by atoms with Crippen molar-refractivity contribution in [1.82, 2.24) is 14.6 Å². The van der Waals surface area contributed by atoms with E-state index >= 15 is 0 Å². The fourth-order valence-electron chi connectivity index (χ4n) is 3.25. The number of halogens is 1. The number of rotatable bonds is 6. The Balaban J connectivity index is 1.69. The molecule has 1 unspecified atom stereocenters. The van der Waals surface area contributed by atoms with Crippen LogP contribution < -0.4 is 10.6 Å². The number of sulfonamides is 1. The minimum Gasteiger partial charge on any atom is -0.343 e. The second kappa shape index (κ2) is 9.55. The summed E-state index contributed by atoms with van der Waals surface area (Å²) in [6.07, 6.45) is 4.82. The Bertz CT molecular complexity index is 1030. The lowest BCUT2D eigenvalue weighted by Gasteiger charge is -2.30. The number of piperidine rings is 1. The summed E-state index contributed by atoms with van der Waals surface area (Å²) in [7, 11) is -3.82. The second-order valence-electron chi connectivity index (χ2n) is 7.23. The lowest BCUT2D eigenvalue weighted by atomic mass is 10.0. The van der Waals surface area contributed by atoms with Crippen molar-refractivity contribution in [2.45, 2.75) is 24.7 Å². The number of aromatic nitrogens is 1. The van der Waals surface area contributed by atoms with Crippen LogP contribution in [0.5, 0.6) is 0 Å². The quantitative estimate of drug-likeness (QED) is 0.702. The number of hydrogen-bond acceptors (Lipinski definition) is 5. The predicted molar refractivity (Wildman–Crippen MR) is 114 cm³/mol. The third kappa shape index (κ3) is 5.35. The van der Waals surface area contributed by atoms with E-state index < -0.39 is 21.8 Å². The van der Waals surface area contributed by atoms with Gasteiger partial charge in [0.1, 0.15) is 4.90 Å². The maximum Gasteiger partial charge on any atom is 0.251 e. The number of nitrogens with zero attached hydrogens (tertiary/aromatic N) is 2. The number of benzene rings is 1. The van der Waals surface area contributed by atoms with Crippen molar-refractivity contribution >= 4 is 39.1 Å². The van der Waals surface area contributed by atoms with Crippen LogP contribution in [0.15, 0.2) is 47.6 Å². The minimum absolute atomic E-state index is 0.0547. The molecule has 160 valence electrons. The molecule has 2 aromatic rings. The maximum absolute atomic E-state index is 13.0. The number of amides is 2. The summed E-state index contributed by atoms with van der Waals surface area (Å²) in [5.41, 5.74) is 0.615. The lowest BCUT2D eigenvalue weighted by molar-refractivity contribution is -0.115. The normalized spacial score (nSPS) is 17.3. The zero-order valence-electron chi connectivity index (χ0n) is 16.5. The van der Waals surface area contributed by atoms with Gasteiger partial charge in [-0.05, 0) is 49.1 Å². The van der Waals surface area contributed by atoms with Crippen LogP contribution in [-0.4, -0.2) is 49.2 Å². The Morgan fingerprint density at radius 1 is 1.30 bits per heavy atom. The van der Waals surface area contributed by atoms with E-state index in [4.69, 9.17) is 11.6 Å². The number of nitrogens with one attached hydrogen (secondary N) is 2. The van der Waals surface area contributed by atoms with Gasteiger partial charge in [0.15, 0.2) is 0 Å². The zero-order chi connectivity index (χ0) is 21.7. The number of carbonyl (C=O) groups is 2. The number of carbonyl (C=O) groups excluding carboxylic acids is 2. The van der Waals surface area contributed by atoms with E-state index in [-0.39, 0.29) is 27.9 Å². The highest BCUT2D eigenvalue weighted by molar-refractivity contribution is 7.89. The van der Waals surface area contributed by atoms with Gasteiger partial charge in [0, 0.05) is 24.8 Å². The molecule has 1 aliphatic heterocycles. The van der Waals surface area contributed by atoms with Gasteiger partial charge in [0.05, 0.1) is 23.5 Å². The molecule has 3 rings (SSSR count). The highest BCUT2D eigenvalue weighted by Crippen LogP contribution is 2.29. The monoisotopic (exact) mass is 450 g/mol. The summed E-state index contributed by atoms with van der Waals surface area (Å²) < 4.78 is 27.5. The molecule has 0 bridgehead atoms. The Kier molecular flexibility index (Phi) is 7.06. The van der Waals surface area contributed by atoms with Gasteiger partial charge in [-0.2, -0.15) is 4.31 Å². The Hall–Kier alpha value is -2.49. The molecule has 10 heteroatoms. The smallest absolute Gasteiger partial charge is 0.251 e. The van der Waals surface area contributed by atoms with Gasteiger partial charge in [0.2, 0.25) is 15.9 Å². The maximum atomic E-state index is 13.0. The van der Waals surface area contributed by atoms with Crippen molar-refractivity contribution < 1.29 is 18.0 Å². The molecule has 2 amide bonds. The van der Waals surface area contributed by atoms with Crippen molar-refractivity contribution in [3.63, 3.8) is 0 Å². The van der Waals surface area contributed by atoms with Gasteiger partial charge in [-0.3, -0.25) is 14.6 Å². The second-order valence-corrected chi connectivity index (χ2v) is 9.54. The van der Waals surface area contributed by atoms with Crippen LogP contribution in [0.4, 0.5) is 5.69 Å². The highest BCUT2D eigenvalue weighted by Gasteiger charge is 2.31. The van der Waals surface area contributed by atoms with Crippen LogP contribution in [0.3, 0.4) is 0 Å². The van der Waals surface area contributed by atoms with Gasteiger partial charge in [-0.25, -0.2) is 8.42 Å². The summed E-state index contributed by atoms with van der Waals surface area (Å²) in [4.78, 5) is 28.2. The van der Waals surface area contributed by atoms with E-state index in [1.807, 2.05) is 6.92 Å². The van der Waals surface area contributed by atoms with Crippen LogP contribution in [0, 0.1) is 5.92 Å². The Morgan fingerprint density at radius 3 is 2.80 bits per heavy atom. The average Bonchev–Trinajstić information content (AvgIpc) is 2.73. The average molecular weight is 451 g/mol. The summed E-state index contributed by atoms with van der Waals surface area (Å²) in [5, 5.41) is 5.14. The summed E-state index contributed by atoms with van der Waals surface area (Å²) >= 11 is 6.15. The van der Waals surface area contributed by atoms with Crippen molar-refractivity contribution in [2.75, 3.05) is 25.0 Å². The van der Waals surface area contributed by atoms with Crippen molar-refractivity contribution in [2.24, 2.45) is 5.92 Å². The molecule has 1 fully saturated rings. The standard InChI is InChI=1S/C20H23ClN4O4S/c1-14-4-3-9-25(13-14)30(28,29)18-10-15(6-7-17(18)21)20(27)23-12-19(26)24-16-5-2-8-22-11-16/h2,5-8,10-11,14H,3-4,9,12-13H2,1H3,(H,23,27)(H,24,26). The predicted octanol–water partition coefficient (Wildman–Crippen LogP) is 2.52. The van der Waals surface area contributed by atoms with Gasteiger partial charge in [-0.1, -0.05) is 18.5 Å². The zero-order valence-corrected chi connectivity index (χ0v) is 18.0. The van der Waals surface area contributed by atoms with Crippen LogP contribution in [0.1, 0.15) is 30.1 Å². The summed E-state index contributed by atoms with van der Waals surface area (Å²) in [5.74, 6) is -0.742. The molecule has 0 saturated carbocycles. The minimum atomic E-state index is -3.82. The first kappa shape index (κ1) is 22.2.